The van der Waals surface area contributed by atoms with Gasteiger partial charge in [0, 0.05) is 20.1 Å². The van der Waals surface area contributed by atoms with E-state index >= 15 is 0 Å². The quantitative estimate of drug-likeness (QED) is 0.681. The van der Waals surface area contributed by atoms with Crippen molar-refractivity contribution < 1.29 is 9.59 Å². The molecule has 0 radical (unpaired) electrons. The van der Waals surface area contributed by atoms with Gasteiger partial charge in [0.05, 0.1) is 10.8 Å². The van der Waals surface area contributed by atoms with Gasteiger partial charge in [-0.05, 0) is 32.7 Å². The molecule has 1 saturated heterocycles. The lowest BCUT2D eigenvalue weighted by molar-refractivity contribution is -0.134. The van der Waals surface area contributed by atoms with Crippen molar-refractivity contribution in [2.45, 2.75) is 34.1 Å². The van der Waals surface area contributed by atoms with E-state index in [4.69, 9.17) is 0 Å². The van der Waals surface area contributed by atoms with Gasteiger partial charge in [0.2, 0.25) is 11.8 Å². The molecule has 1 atom stereocenters. The molecule has 3 N–H and O–H groups in total. The van der Waals surface area contributed by atoms with Gasteiger partial charge in [0.15, 0.2) is 0 Å². The molecule has 1 fully saturated rings. The van der Waals surface area contributed by atoms with E-state index in [-0.39, 0.29) is 23.1 Å². The minimum Gasteiger partial charge on any atom is -0.359 e. The third-order valence-electron chi connectivity index (χ3n) is 4.28. The van der Waals surface area contributed by atoms with Crippen LogP contribution in [0.4, 0.5) is 0 Å². The fourth-order valence-electron chi connectivity index (χ4n) is 2.56. The summed E-state index contributed by atoms with van der Waals surface area (Å²) in [6.45, 7) is 9.79. The highest BCUT2D eigenvalue weighted by Crippen LogP contribution is 2.34. The Morgan fingerprint density at radius 1 is 1.37 bits per heavy atom. The Kier molecular flexibility index (Phi) is 4.96. The van der Waals surface area contributed by atoms with E-state index in [1.165, 1.54) is 0 Å². The van der Waals surface area contributed by atoms with E-state index in [0.717, 1.165) is 19.5 Å². The smallest absolute Gasteiger partial charge is 0.227 e. The highest BCUT2D eigenvalue weighted by Gasteiger charge is 2.44. The van der Waals surface area contributed by atoms with E-state index in [2.05, 4.69) is 29.8 Å². The molecular formula is C14H27N3O2. The van der Waals surface area contributed by atoms with E-state index in [0.29, 0.717) is 6.54 Å². The summed E-state index contributed by atoms with van der Waals surface area (Å²) in [6, 6.07) is 0. The first kappa shape index (κ1) is 16.0. The predicted molar refractivity (Wildman–Crippen MR) is 75.6 cm³/mol. The number of carbonyl (C=O) groups excluding carboxylic acids is 2. The monoisotopic (exact) mass is 269 g/mol. The summed E-state index contributed by atoms with van der Waals surface area (Å²) >= 11 is 0. The zero-order valence-electron chi connectivity index (χ0n) is 12.7. The third-order valence-corrected chi connectivity index (χ3v) is 4.28. The maximum Gasteiger partial charge on any atom is 0.227 e. The highest BCUT2D eigenvalue weighted by molar-refractivity contribution is 5.86. The van der Waals surface area contributed by atoms with Crippen LogP contribution in [-0.2, 0) is 9.59 Å². The number of amides is 2. The molecule has 1 heterocycles. The molecule has 0 spiro atoms. The lowest BCUT2D eigenvalue weighted by Crippen LogP contribution is -2.50. The Labute approximate surface area is 115 Å². The van der Waals surface area contributed by atoms with Crippen LogP contribution in [-0.4, -0.2) is 38.5 Å². The first-order valence-corrected chi connectivity index (χ1v) is 6.97. The van der Waals surface area contributed by atoms with Crippen LogP contribution in [0.1, 0.15) is 34.1 Å². The average molecular weight is 269 g/mol. The van der Waals surface area contributed by atoms with Crippen molar-refractivity contribution in [3.05, 3.63) is 0 Å². The minimum atomic E-state index is -0.589. The second-order valence-electron chi connectivity index (χ2n) is 6.38. The largest absolute Gasteiger partial charge is 0.359 e. The van der Waals surface area contributed by atoms with Gasteiger partial charge in [-0.15, -0.1) is 0 Å². The summed E-state index contributed by atoms with van der Waals surface area (Å²) < 4.78 is 0. The minimum absolute atomic E-state index is 0.0593. The van der Waals surface area contributed by atoms with Gasteiger partial charge in [-0.3, -0.25) is 9.59 Å². The average Bonchev–Trinajstić information content (AvgIpc) is 2.85. The molecule has 0 saturated carbocycles. The molecule has 5 heteroatoms. The number of rotatable bonds is 5. The molecule has 19 heavy (non-hydrogen) atoms. The van der Waals surface area contributed by atoms with Gasteiger partial charge in [0.25, 0.3) is 0 Å². The lowest BCUT2D eigenvalue weighted by Gasteiger charge is -2.33. The second kappa shape index (κ2) is 5.90. The molecule has 0 aliphatic carbocycles. The maximum atomic E-state index is 12.5. The first-order chi connectivity index (χ1) is 8.76. The van der Waals surface area contributed by atoms with Crippen LogP contribution in [0.3, 0.4) is 0 Å². The van der Waals surface area contributed by atoms with Crippen LogP contribution in [0.25, 0.3) is 0 Å². The van der Waals surface area contributed by atoms with E-state index in [1.54, 1.807) is 7.05 Å². The summed E-state index contributed by atoms with van der Waals surface area (Å²) in [5, 5.41) is 8.86. The lowest BCUT2D eigenvalue weighted by atomic mass is 9.75. The number of carbonyl (C=O) groups is 2. The summed E-state index contributed by atoms with van der Waals surface area (Å²) in [4.78, 5) is 24.2. The van der Waals surface area contributed by atoms with Crippen molar-refractivity contribution >= 4 is 11.8 Å². The molecule has 1 aliphatic heterocycles. The molecule has 110 valence electrons. The Morgan fingerprint density at radius 2 is 2.00 bits per heavy atom. The van der Waals surface area contributed by atoms with Crippen molar-refractivity contribution in [1.82, 2.24) is 16.0 Å². The van der Waals surface area contributed by atoms with Gasteiger partial charge >= 0.3 is 0 Å². The summed E-state index contributed by atoms with van der Waals surface area (Å²) in [7, 11) is 1.61. The van der Waals surface area contributed by atoms with Crippen molar-refractivity contribution in [3.8, 4) is 0 Å². The van der Waals surface area contributed by atoms with E-state index in [1.807, 2.05) is 13.8 Å². The maximum absolute atomic E-state index is 12.5. The molecule has 0 bridgehead atoms. The molecule has 1 aliphatic rings. The predicted octanol–water partition coefficient (Wildman–Crippen LogP) is 0.511. The van der Waals surface area contributed by atoms with Gasteiger partial charge in [-0.2, -0.15) is 0 Å². The fraction of sp³-hybridized carbons (Fsp3) is 0.857. The Balaban J connectivity index is 2.67. The Hall–Kier alpha value is -1.10. The zero-order valence-corrected chi connectivity index (χ0v) is 12.7. The highest BCUT2D eigenvalue weighted by atomic mass is 16.2. The SMILES string of the molecule is CNC(=O)C(C)(C)CNC(=O)C1(C(C)C)CCNC1. The fourth-order valence-corrected chi connectivity index (χ4v) is 2.56. The normalized spacial score (nSPS) is 23.5. The zero-order chi connectivity index (χ0) is 14.7. The third kappa shape index (κ3) is 3.26. The number of hydrogen-bond donors (Lipinski definition) is 3. The van der Waals surface area contributed by atoms with E-state index in [9.17, 15) is 9.59 Å². The molecule has 5 nitrogen and oxygen atoms in total. The molecule has 2 amide bonds. The Morgan fingerprint density at radius 3 is 2.42 bits per heavy atom. The van der Waals surface area contributed by atoms with Crippen LogP contribution >= 0.6 is 0 Å². The molecular weight excluding hydrogens is 242 g/mol. The summed E-state index contributed by atoms with van der Waals surface area (Å²) in [6.07, 6.45) is 0.858. The molecule has 0 aromatic carbocycles. The first-order valence-electron chi connectivity index (χ1n) is 6.97. The van der Waals surface area contributed by atoms with Crippen LogP contribution in [0.2, 0.25) is 0 Å². The summed E-state index contributed by atoms with van der Waals surface area (Å²) in [5.74, 6) is 0.283. The molecule has 1 rings (SSSR count). The van der Waals surface area contributed by atoms with Gasteiger partial charge in [0.1, 0.15) is 0 Å². The van der Waals surface area contributed by atoms with Gasteiger partial charge in [-0.1, -0.05) is 13.8 Å². The van der Waals surface area contributed by atoms with Gasteiger partial charge < -0.3 is 16.0 Å². The van der Waals surface area contributed by atoms with E-state index < -0.39 is 5.41 Å². The van der Waals surface area contributed by atoms with Crippen molar-refractivity contribution in [2.75, 3.05) is 26.7 Å². The van der Waals surface area contributed by atoms with Crippen molar-refractivity contribution in [3.63, 3.8) is 0 Å². The number of hydrogen-bond acceptors (Lipinski definition) is 3. The van der Waals surface area contributed by atoms with Crippen LogP contribution < -0.4 is 16.0 Å². The van der Waals surface area contributed by atoms with Crippen molar-refractivity contribution in [1.29, 1.82) is 0 Å². The molecule has 1 unspecified atom stereocenters. The second-order valence-corrected chi connectivity index (χ2v) is 6.38. The topological polar surface area (TPSA) is 70.2 Å². The van der Waals surface area contributed by atoms with Gasteiger partial charge in [-0.25, -0.2) is 0 Å². The standard InChI is InChI=1S/C14H27N3O2/c1-10(2)14(6-7-16-9-14)12(19)17-8-13(3,4)11(18)15-5/h10,16H,6-9H2,1-5H3,(H,15,18)(H,17,19). The summed E-state index contributed by atoms with van der Waals surface area (Å²) in [5.41, 5.74) is -0.923. The van der Waals surface area contributed by atoms with Crippen LogP contribution in [0, 0.1) is 16.7 Å². The molecule has 0 aromatic heterocycles. The number of nitrogens with one attached hydrogen (secondary N) is 3. The van der Waals surface area contributed by atoms with Crippen LogP contribution in [0.15, 0.2) is 0 Å². The Bertz CT molecular complexity index is 345. The van der Waals surface area contributed by atoms with Crippen molar-refractivity contribution in [2.24, 2.45) is 16.7 Å². The van der Waals surface area contributed by atoms with Crippen LogP contribution in [0.5, 0.6) is 0 Å². The molecule has 0 aromatic rings.